The van der Waals surface area contributed by atoms with Gasteiger partial charge in [0, 0.05) is 73.5 Å². The molecule has 0 aliphatic rings. The number of pyridine rings is 2. The van der Waals surface area contributed by atoms with E-state index in [4.69, 9.17) is 34.5 Å². The van der Waals surface area contributed by atoms with Gasteiger partial charge in [0.15, 0.2) is 11.4 Å². The van der Waals surface area contributed by atoms with Crippen LogP contribution in [0.15, 0.2) is 146 Å². The molecule has 7 N–H and O–H groups in total. The second-order valence-corrected chi connectivity index (χ2v) is 18.0. The predicted octanol–water partition coefficient (Wildman–Crippen LogP) is 11.5. The second kappa shape index (κ2) is 25.8. The lowest BCUT2D eigenvalue weighted by Gasteiger charge is -2.20. The summed E-state index contributed by atoms with van der Waals surface area (Å²) in [6.07, 6.45) is 6.96. The minimum absolute atomic E-state index is 0. The molecule has 0 saturated carbocycles. The first-order valence-electron chi connectivity index (χ1n) is 22.9. The third kappa shape index (κ3) is 15.7. The van der Waals surface area contributed by atoms with E-state index in [2.05, 4.69) is 64.6 Å². The number of carboxylic acid groups (broad SMARTS) is 1. The lowest BCUT2D eigenvalue weighted by molar-refractivity contribution is -0.139. The lowest BCUT2D eigenvalue weighted by Crippen LogP contribution is -2.41. The van der Waals surface area contributed by atoms with Gasteiger partial charge in [-0.05, 0) is 130 Å². The third-order valence-electron chi connectivity index (χ3n) is 11.1. The molecule has 4 aromatic carbocycles. The smallest absolute Gasteiger partial charge is 0.408 e. The SMILES string of the molecule is C.C.C[C@H](NC(=O)OC(C)(C)C)C(=O)O.[C-]#[N+]c1ccc(N(C)Cc2ccn3ncc(-c4ccc(N)cc4)c3c2)cc1.[C-]#[N+]c1ccc(N(C)Cc2ccn3ncc(-c4ccc(NC(=O)[C@H](C)N)cc4)c3c2)cc1. The van der Waals surface area contributed by atoms with Crippen molar-refractivity contribution in [1.29, 1.82) is 0 Å². The molecule has 0 spiro atoms. The van der Waals surface area contributed by atoms with Gasteiger partial charge >= 0.3 is 12.1 Å². The summed E-state index contributed by atoms with van der Waals surface area (Å²) in [7, 11) is 4.08. The number of aromatic nitrogens is 4. The number of nitrogen functional groups attached to an aromatic ring is 1. The van der Waals surface area contributed by atoms with Crippen LogP contribution in [0, 0.1) is 13.1 Å². The zero-order chi connectivity index (χ0) is 52.1. The maximum atomic E-state index is 11.8. The highest BCUT2D eigenvalue weighted by Crippen LogP contribution is 2.29. The molecule has 0 unspecified atom stereocenters. The van der Waals surface area contributed by atoms with E-state index >= 15 is 0 Å². The Hall–Kier alpha value is -9.19. The Morgan fingerprint density at radius 3 is 1.50 bits per heavy atom. The summed E-state index contributed by atoms with van der Waals surface area (Å²) >= 11 is 0. The number of nitrogens with one attached hydrogen (secondary N) is 2. The molecule has 74 heavy (non-hydrogen) atoms. The minimum Gasteiger partial charge on any atom is -0.480 e. The molecule has 0 aliphatic heterocycles. The van der Waals surface area contributed by atoms with E-state index in [1.54, 1.807) is 27.7 Å². The summed E-state index contributed by atoms with van der Waals surface area (Å²) in [5.74, 6) is -1.31. The number of anilines is 4. The minimum atomic E-state index is -1.09. The van der Waals surface area contributed by atoms with Crippen LogP contribution in [0.5, 0.6) is 0 Å². The standard InChI is InChI=1S/C25H24N6O.C22H19N5.C8H15NO4.2CH4/c1-17(26)25(32)29-21-6-4-19(5-7-21)23-15-28-31-13-12-18(14-24(23)31)16-30(3)22-10-8-20(27-2)9-11-22;1-24-19-7-9-20(10-8-19)26(2)15-16-11-12-27-22(13-16)21(14-25-27)17-3-5-18(23)6-4-17;1-5(6(10)11)9-7(12)13-8(2,3)4;;/h4-15,17H,16,26H2,1,3H3,(H,29,32);3-14H,15,23H2,2H3;5H,1-4H3,(H,9,12)(H,10,11);2*1H4/t17-;;5-;;/m0.0../s1. The van der Waals surface area contributed by atoms with Crippen molar-refractivity contribution in [2.45, 2.75) is 80.2 Å². The highest BCUT2D eigenvalue weighted by molar-refractivity contribution is 5.94. The molecular formula is C57H66N12O5. The third-order valence-corrected chi connectivity index (χ3v) is 11.1. The summed E-state index contributed by atoms with van der Waals surface area (Å²) in [4.78, 5) is 44.3. The summed E-state index contributed by atoms with van der Waals surface area (Å²) in [6, 6.07) is 37.7. The number of ether oxygens (including phenoxy) is 1. The number of hydrogen-bond donors (Lipinski definition) is 5. The first kappa shape index (κ1) is 57.4. The Morgan fingerprint density at radius 1 is 0.703 bits per heavy atom. The number of carboxylic acids is 1. The molecule has 4 heterocycles. The molecule has 0 aliphatic carbocycles. The van der Waals surface area contributed by atoms with E-state index in [-0.39, 0.29) is 20.8 Å². The monoisotopic (exact) mass is 999 g/mol. The number of nitrogens with zero attached hydrogens (tertiary/aromatic N) is 8. The molecule has 4 aromatic heterocycles. The Morgan fingerprint density at radius 2 is 1.12 bits per heavy atom. The molecule has 8 rings (SSSR count). The van der Waals surface area contributed by atoms with Crippen molar-refractivity contribution in [2.75, 3.05) is 34.9 Å². The number of aliphatic carboxylic acids is 1. The Kier molecular flexibility index (Phi) is 20.0. The quantitative estimate of drug-likeness (QED) is 0.0575. The van der Waals surface area contributed by atoms with Crippen LogP contribution in [-0.4, -0.2) is 74.1 Å². The van der Waals surface area contributed by atoms with E-state index in [0.717, 1.165) is 69.0 Å². The summed E-state index contributed by atoms with van der Waals surface area (Å²) in [5, 5.41) is 22.4. The molecule has 0 saturated heterocycles. The molecule has 8 aromatic rings. The molecule has 17 heteroatoms. The Balaban J connectivity index is 0.000000257. The normalized spacial score (nSPS) is 11.3. The van der Waals surface area contributed by atoms with Gasteiger partial charge < -0.3 is 41.7 Å². The summed E-state index contributed by atoms with van der Waals surface area (Å²) < 4.78 is 8.59. The molecule has 2 amide bonds. The van der Waals surface area contributed by atoms with Gasteiger partial charge in [0.2, 0.25) is 5.91 Å². The van der Waals surface area contributed by atoms with Crippen molar-refractivity contribution in [3.8, 4) is 22.3 Å². The van der Waals surface area contributed by atoms with Gasteiger partial charge in [-0.2, -0.15) is 10.2 Å². The number of carbonyl (C=O) groups excluding carboxylic acids is 2. The summed E-state index contributed by atoms with van der Waals surface area (Å²) in [5.41, 5.74) is 24.3. The fourth-order valence-electron chi connectivity index (χ4n) is 7.18. The maximum Gasteiger partial charge on any atom is 0.408 e. The number of fused-ring (bicyclic) bond motifs is 2. The first-order valence-corrected chi connectivity index (χ1v) is 22.9. The average molecular weight is 999 g/mol. The highest BCUT2D eigenvalue weighted by Gasteiger charge is 2.20. The van der Waals surface area contributed by atoms with Gasteiger partial charge in [-0.3, -0.25) is 9.59 Å². The number of nitrogens with two attached hydrogens (primary N) is 2. The van der Waals surface area contributed by atoms with Gasteiger partial charge in [0.1, 0.15) is 11.6 Å². The first-order chi connectivity index (χ1) is 34.3. The number of rotatable bonds is 12. The Bertz CT molecular complexity index is 3220. The van der Waals surface area contributed by atoms with Crippen LogP contribution in [0.4, 0.5) is 38.9 Å². The van der Waals surface area contributed by atoms with Crippen LogP contribution in [0.1, 0.15) is 60.6 Å². The Labute approximate surface area is 433 Å². The van der Waals surface area contributed by atoms with E-state index in [1.807, 2.05) is 145 Å². The van der Waals surface area contributed by atoms with Crippen LogP contribution in [0.2, 0.25) is 0 Å². The highest BCUT2D eigenvalue weighted by atomic mass is 16.6. The van der Waals surface area contributed by atoms with Crippen molar-refractivity contribution in [3.05, 3.63) is 180 Å². The topological polar surface area (TPSA) is 207 Å². The zero-order valence-electron chi connectivity index (χ0n) is 41.2. The van der Waals surface area contributed by atoms with Crippen LogP contribution < -0.4 is 31.9 Å². The molecular weight excluding hydrogens is 933 g/mol. The number of carbonyl (C=O) groups is 3. The van der Waals surface area contributed by atoms with E-state index in [1.165, 1.54) is 12.5 Å². The van der Waals surface area contributed by atoms with Gasteiger partial charge in [-0.15, -0.1) is 0 Å². The van der Waals surface area contributed by atoms with Crippen LogP contribution >= 0.6 is 0 Å². The van der Waals surface area contributed by atoms with Crippen LogP contribution in [0.25, 0.3) is 43.0 Å². The predicted molar refractivity (Wildman–Crippen MR) is 297 cm³/mol. The molecule has 2 atom stereocenters. The number of hydrogen-bond acceptors (Lipinski definition) is 10. The van der Waals surface area contributed by atoms with Gasteiger partial charge in [0.25, 0.3) is 0 Å². The fourth-order valence-corrected chi connectivity index (χ4v) is 7.18. The van der Waals surface area contributed by atoms with Gasteiger partial charge in [-0.1, -0.05) is 63.4 Å². The molecule has 384 valence electrons. The maximum absolute atomic E-state index is 11.8. The van der Waals surface area contributed by atoms with Crippen molar-refractivity contribution < 1.29 is 24.2 Å². The lowest BCUT2D eigenvalue weighted by atomic mass is 10.1. The molecule has 17 nitrogen and oxygen atoms in total. The second-order valence-electron chi connectivity index (χ2n) is 18.0. The van der Waals surface area contributed by atoms with Crippen molar-refractivity contribution >= 4 is 63.1 Å². The number of benzene rings is 4. The van der Waals surface area contributed by atoms with Gasteiger partial charge in [0.05, 0.1) is 42.6 Å². The molecule has 0 radical (unpaired) electrons. The number of alkyl carbamates (subject to hydrolysis) is 1. The number of amides is 2. The van der Waals surface area contributed by atoms with E-state index in [9.17, 15) is 14.4 Å². The van der Waals surface area contributed by atoms with Crippen molar-refractivity contribution in [2.24, 2.45) is 5.73 Å². The van der Waals surface area contributed by atoms with E-state index < -0.39 is 29.7 Å². The van der Waals surface area contributed by atoms with Gasteiger partial charge in [-0.25, -0.2) is 23.5 Å². The fraction of sp³-hybridized carbons (Fsp3) is 0.246. The molecule has 0 bridgehead atoms. The zero-order valence-corrected chi connectivity index (χ0v) is 41.2. The van der Waals surface area contributed by atoms with Crippen molar-refractivity contribution in [3.63, 3.8) is 0 Å². The largest absolute Gasteiger partial charge is 0.480 e. The molecule has 0 fully saturated rings. The summed E-state index contributed by atoms with van der Waals surface area (Å²) in [6.45, 7) is 23.8. The van der Waals surface area contributed by atoms with E-state index in [0.29, 0.717) is 17.1 Å². The van der Waals surface area contributed by atoms with Crippen molar-refractivity contribution in [1.82, 2.24) is 24.5 Å². The van der Waals surface area contributed by atoms with Crippen LogP contribution in [-0.2, 0) is 27.4 Å². The average Bonchev–Trinajstić information content (AvgIpc) is 3.98. The van der Waals surface area contributed by atoms with Crippen LogP contribution in [0.3, 0.4) is 0 Å².